The largest absolute Gasteiger partial charge is 0.507 e. The van der Waals surface area contributed by atoms with E-state index in [9.17, 15) is 9.90 Å². The van der Waals surface area contributed by atoms with Crippen LogP contribution in [0.4, 0.5) is 11.5 Å². The Morgan fingerprint density at radius 2 is 2.03 bits per heavy atom. The number of aliphatic hydroxyl groups excluding tert-OH is 1. The van der Waals surface area contributed by atoms with Crippen LogP contribution in [0, 0.1) is 0 Å². The summed E-state index contributed by atoms with van der Waals surface area (Å²) in [6, 6.07) is 18.7. The van der Waals surface area contributed by atoms with Crippen molar-refractivity contribution >= 4 is 55.5 Å². The summed E-state index contributed by atoms with van der Waals surface area (Å²) >= 11 is 3.52. The molecule has 2 aromatic carbocycles. The number of aromatic nitrogens is 3. The summed E-state index contributed by atoms with van der Waals surface area (Å²) in [7, 11) is 0. The van der Waals surface area contributed by atoms with Crippen LogP contribution in [0.5, 0.6) is 0 Å². The minimum Gasteiger partial charge on any atom is -0.507 e. The smallest absolute Gasteiger partial charge is 0.291 e. The van der Waals surface area contributed by atoms with Crippen molar-refractivity contribution in [2.75, 3.05) is 10.6 Å². The molecule has 3 heterocycles. The Balaban J connectivity index is 1.23. The minimum absolute atomic E-state index is 0.157. The second-order valence-corrected chi connectivity index (χ2v) is 9.60. The van der Waals surface area contributed by atoms with Gasteiger partial charge in [0.05, 0.1) is 16.4 Å². The van der Waals surface area contributed by atoms with Crippen LogP contribution >= 0.6 is 15.9 Å². The molecule has 38 heavy (non-hydrogen) atoms. The van der Waals surface area contributed by atoms with Gasteiger partial charge in [0.2, 0.25) is 0 Å². The number of amides is 1. The lowest BCUT2D eigenvalue weighted by atomic mass is 10.1. The molecule has 0 aliphatic heterocycles. The van der Waals surface area contributed by atoms with Gasteiger partial charge in [-0.05, 0) is 58.3 Å². The fourth-order valence-corrected chi connectivity index (χ4v) is 4.64. The van der Waals surface area contributed by atoms with Gasteiger partial charge in [0.1, 0.15) is 17.2 Å². The number of carbonyl (C=O) groups excluding carboxylic acids is 1. The second-order valence-electron chi connectivity index (χ2n) is 8.74. The second kappa shape index (κ2) is 10.0. The fraction of sp³-hybridized carbons (Fsp3) is 0.0690. The van der Waals surface area contributed by atoms with Crippen molar-refractivity contribution in [3.05, 3.63) is 118 Å². The fourth-order valence-electron chi connectivity index (χ4n) is 4.29. The first-order chi connectivity index (χ1) is 18.5. The van der Waals surface area contributed by atoms with E-state index < -0.39 is 0 Å². The zero-order valence-electron chi connectivity index (χ0n) is 20.1. The molecule has 0 saturated heterocycles. The highest BCUT2D eigenvalue weighted by atomic mass is 79.9. The van der Waals surface area contributed by atoms with Gasteiger partial charge in [-0.15, -0.1) is 0 Å². The predicted molar refractivity (Wildman–Crippen MR) is 151 cm³/mol. The Morgan fingerprint density at radius 3 is 2.92 bits per heavy atom. The van der Waals surface area contributed by atoms with E-state index in [0.29, 0.717) is 47.0 Å². The molecule has 0 atom stereocenters. The van der Waals surface area contributed by atoms with Crippen molar-refractivity contribution in [2.24, 2.45) is 0 Å². The first kappa shape index (κ1) is 23.7. The number of nitrogens with one attached hydrogen (secondary N) is 2. The summed E-state index contributed by atoms with van der Waals surface area (Å²) in [4.78, 5) is 17.5. The van der Waals surface area contributed by atoms with Gasteiger partial charge in [-0.1, -0.05) is 48.6 Å². The third-order valence-corrected chi connectivity index (χ3v) is 6.70. The van der Waals surface area contributed by atoms with Crippen molar-refractivity contribution in [3.8, 4) is 0 Å². The molecule has 8 nitrogen and oxygen atoms in total. The number of furan rings is 1. The number of halogens is 1. The van der Waals surface area contributed by atoms with Crippen LogP contribution in [0.15, 0.2) is 106 Å². The first-order valence-electron chi connectivity index (χ1n) is 12.0. The van der Waals surface area contributed by atoms with E-state index in [2.05, 4.69) is 31.7 Å². The Morgan fingerprint density at radius 1 is 1.13 bits per heavy atom. The summed E-state index contributed by atoms with van der Waals surface area (Å²) < 4.78 is 8.13. The third kappa shape index (κ3) is 4.71. The van der Waals surface area contributed by atoms with Gasteiger partial charge in [-0.25, -0.2) is 4.98 Å². The van der Waals surface area contributed by atoms with Crippen LogP contribution in [-0.4, -0.2) is 25.6 Å². The summed E-state index contributed by atoms with van der Waals surface area (Å²) in [5.41, 5.74) is 4.19. The molecule has 188 valence electrons. The van der Waals surface area contributed by atoms with Gasteiger partial charge in [0.25, 0.3) is 5.91 Å². The van der Waals surface area contributed by atoms with E-state index in [1.807, 2.05) is 72.8 Å². The zero-order valence-corrected chi connectivity index (χ0v) is 21.6. The van der Waals surface area contributed by atoms with E-state index in [-0.39, 0.29) is 17.4 Å². The van der Waals surface area contributed by atoms with Gasteiger partial charge >= 0.3 is 0 Å². The molecule has 0 spiro atoms. The Labute approximate surface area is 226 Å². The lowest BCUT2D eigenvalue weighted by Gasteiger charge is -2.13. The molecule has 9 heteroatoms. The number of nitrogens with zero attached hydrogens (tertiary/aromatic N) is 3. The molecule has 3 aromatic heterocycles. The quantitative estimate of drug-likeness (QED) is 0.206. The number of para-hydroxylation sites is 1. The maximum Gasteiger partial charge on any atom is 0.291 e. The molecular formula is C29H22BrN5O3. The molecule has 0 fully saturated rings. The lowest BCUT2D eigenvalue weighted by Crippen LogP contribution is -2.11. The molecule has 0 radical (unpaired) electrons. The highest BCUT2D eigenvalue weighted by Crippen LogP contribution is 2.28. The van der Waals surface area contributed by atoms with Crippen molar-refractivity contribution < 1.29 is 14.3 Å². The Bertz CT molecular complexity index is 1750. The highest BCUT2D eigenvalue weighted by molar-refractivity contribution is 9.10. The SMILES string of the molecule is O=C(Nc1cccc(CNc2cc(C3=CCC=CC=C3O)nc3c(Br)cnn23)c1)c1cc2ccccc2o1. The van der Waals surface area contributed by atoms with Crippen LogP contribution in [0.1, 0.15) is 28.2 Å². The number of fused-ring (bicyclic) bond motifs is 2. The number of rotatable bonds is 6. The zero-order chi connectivity index (χ0) is 26.1. The molecule has 0 unspecified atom stereocenters. The number of hydrogen-bond acceptors (Lipinski definition) is 6. The molecule has 1 amide bonds. The standard InChI is InChI=1S/C29H22BrN5O3/c30-22-17-32-35-27(15-23(34-28(22)35)21-10-2-1-3-11-24(21)36)31-16-18-7-6-9-20(13-18)33-29(37)26-14-19-8-4-5-12-25(19)38-26/h1,3-15,17,31,36H,2,16H2,(H,33,37). The third-order valence-electron chi connectivity index (χ3n) is 6.14. The number of benzene rings is 2. The van der Waals surface area contributed by atoms with Gasteiger partial charge in [0, 0.05) is 29.3 Å². The number of aliphatic hydroxyl groups is 1. The van der Waals surface area contributed by atoms with Crippen LogP contribution in [0.3, 0.4) is 0 Å². The van der Waals surface area contributed by atoms with E-state index >= 15 is 0 Å². The molecule has 5 aromatic rings. The molecule has 6 rings (SSSR count). The molecule has 1 aliphatic carbocycles. The van der Waals surface area contributed by atoms with E-state index in [1.165, 1.54) is 0 Å². The van der Waals surface area contributed by atoms with Crippen LogP contribution in [-0.2, 0) is 6.54 Å². The van der Waals surface area contributed by atoms with Crippen LogP contribution in [0.2, 0.25) is 0 Å². The van der Waals surface area contributed by atoms with Gasteiger partial charge < -0.3 is 20.2 Å². The van der Waals surface area contributed by atoms with E-state index in [1.54, 1.807) is 22.9 Å². The Hall–Kier alpha value is -4.63. The molecule has 3 N–H and O–H groups in total. The average molecular weight is 568 g/mol. The van der Waals surface area contributed by atoms with Crippen molar-refractivity contribution in [2.45, 2.75) is 13.0 Å². The van der Waals surface area contributed by atoms with Crippen LogP contribution < -0.4 is 10.6 Å². The summed E-state index contributed by atoms with van der Waals surface area (Å²) in [6.45, 7) is 0.465. The number of carbonyl (C=O) groups is 1. The van der Waals surface area contributed by atoms with Crippen molar-refractivity contribution in [3.63, 3.8) is 0 Å². The van der Waals surface area contributed by atoms with Gasteiger partial charge in [-0.2, -0.15) is 9.61 Å². The molecule has 0 saturated carbocycles. The normalized spacial score (nSPS) is 13.3. The number of anilines is 2. The van der Waals surface area contributed by atoms with Crippen LogP contribution in [0.25, 0.3) is 22.2 Å². The molecule has 1 aliphatic rings. The monoisotopic (exact) mass is 567 g/mol. The minimum atomic E-state index is -0.313. The predicted octanol–water partition coefficient (Wildman–Crippen LogP) is 6.89. The topological polar surface area (TPSA) is 105 Å². The first-order valence-corrected chi connectivity index (χ1v) is 12.8. The maximum atomic E-state index is 12.8. The lowest BCUT2D eigenvalue weighted by molar-refractivity contribution is 0.0998. The summed E-state index contributed by atoms with van der Waals surface area (Å²) in [5.74, 6) is 0.807. The molecule has 0 bridgehead atoms. The van der Waals surface area contributed by atoms with E-state index in [4.69, 9.17) is 9.40 Å². The van der Waals surface area contributed by atoms with Gasteiger partial charge in [0.15, 0.2) is 11.4 Å². The summed E-state index contributed by atoms with van der Waals surface area (Å²) in [5, 5.41) is 22.2. The van der Waals surface area contributed by atoms with Crippen molar-refractivity contribution in [1.82, 2.24) is 14.6 Å². The average Bonchev–Trinajstić information content (AvgIpc) is 3.46. The van der Waals surface area contributed by atoms with Crippen molar-refractivity contribution in [1.29, 1.82) is 0 Å². The summed E-state index contributed by atoms with van der Waals surface area (Å²) in [6.07, 6.45) is 9.77. The maximum absolute atomic E-state index is 12.8. The number of hydrogen-bond donors (Lipinski definition) is 3. The highest BCUT2D eigenvalue weighted by Gasteiger charge is 2.16. The van der Waals surface area contributed by atoms with E-state index in [0.717, 1.165) is 15.4 Å². The van der Waals surface area contributed by atoms with Gasteiger partial charge in [-0.3, -0.25) is 4.79 Å². The molecular weight excluding hydrogens is 546 g/mol. The Kier molecular flexibility index (Phi) is 6.27. The number of allylic oxidation sites excluding steroid dienone is 5.